The van der Waals surface area contributed by atoms with E-state index in [-0.39, 0.29) is 29.3 Å². The predicted octanol–water partition coefficient (Wildman–Crippen LogP) is 1.14. The number of Topliss-reactive ketones (excluding diaryl/α,β-unsaturated/α-hetero) is 1. The van der Waals surface area contributed by atoms with Gasteiger partial charge in [0.15, 0.2) is 23.6 Å². The second-order valence-corrected chi connectivity index (χ2v) is 9.90. The van der Waals surface area contributed by atoms with E-state index < -0.39 is 46.9 Å². The maximum Gasteiger partial charge on any atom is 0.493 e. The Morgan fingerprint density at radius 1 is 1.14 bits per heavy atom. The number of aromatic nitrogens is 2. The third-order valence-corrected chi connectivity index (χ3v) is 6.77. The van der Waals surface area contributed by atoms with Gasteiger partial charge in [-0.05, 0) is 26.0 Å². The zero-order valence-corrected chi connectivity index (χ0v) is 22.9. The lowest BCUT2D eigenvalue weighted by Crippen LogP contribution is -2.61. The molecule has 4 rings (SSSR count). The van der Waals surface area contributed by atoms with Gasteiger partial charge in [-0.1, -0.05) is 11.6 Å². The molecule has 1 aromatic heterocycles. The first-order valence-electron chi connectivity index (χ1n) is 12.8. The first-order chi connectivity index (χ1) is 19.7. The minimum atomic E-state index is -5.37. The molecule has 2 aliphatic heterocycles. The molecule has 0 spiro atoms. The molecule has 14 nitrogen and oxygen atoms in total. The first-order valence-corrected chi connectivity index (χ1v) is 12.8. The maximum atomic E-state index is 13.9. The zero-order valence-electron chi connectivity index (χ0n) is 22.9. The molecule has 0 aliphatic carbocycles. The van der Waals surface area contributed by atoms with Crippen LogP contribution < -0.4 is 26.5 Å². The maximum absolute atomic E-state index is 13.9. The van der Waals surface area contributed by atoms with Crippen molar-refractivity contribution < 1.29 is 32.5 Å². The summed E-state index contributed by atoms with van der Waals surface area (Å²) in [5.74, 6) is -3.63. The van der Waals surface area contributed by atoms with Gasteiger partial charge in [-0.3, -0.25) is 33.7 Å². The molecule has 0 bridgehead atoms. The molecule has 0 radical (unpaired) electrons. The number of ketones is 1. The molecule has 2 aromatic rings. The summed E-state index contributed by atoms with van der Waals surface area (Å²) < 4.78 is 41.5. The van der Waals surface area contributed by atoms with Crippen molar-refractivity contribution in [1.29, 1.82) is 0 Å². The summed E-state index contributed by atoms with van der Waals surface area (Å²) in [5, 5.41) is 14.7. The number of rotatable bonds is 8. The molecule has 0 amide bonds. The van der Waals surface area contributed by atoms with Crippen molar-refractivity contribution in [1.82, 2.24) is 19.4 Å². The molecule has 0 saturated carbocycles. The normalized spacial score (nSPS) is 17.1. The number of benzene rings is 1. The summed E-state index contributed by atoms with van der Waals surface area (Å²) >= 11 is 0. The molecular weight excluding hydrogens is 567 g/mol. The van der Waals surface area contributed by atoms with Crippen LogP contribution in [0.2, 0.25) is 0 Å². The lowest BCUT2D eigenvalue weighted by atomic mass is 10.1. The number of alkyl halides is 3. The van der Waals surface area contributed by atoms with E-state index in [1.807, 2.05) is 0 Å². The Morgan fingerprint density at radius 3 is 2.31 bits per heavy atom. The van der Waals surface area contributed by atoms with Crippen LogP contribution in [0.5, 0.6) is 0 Å². The molecule has 226 valence electrons. The first kappa shape index (κ1) is 30.4. The highest BCUT2D eigenvalue weighted by Crippen LogP contribution is 2.38. The standard InChI is InChI=1S/C25H28F3N7O7/c1-15(2)8-11-32-19-20(34(42-22(38)25(26,27)28)23(32)31-12-9-29-10-13-31)30(3)24(39)33(21(19)37)14-18(36)16-4-6-17(7-5-16)35(40)41/h4-8,23,29H,9-14H2,1-3H3. The number of hydrogen-bond acceptors (Lipinski definition) is 11. The van der Waals surface area contributed by atoms with Gasteiger partial charge in [0.05, 0.1) is 11.5 Å². The van der Waals surface area contributed by atoms with Gasteiger partial charge in [-0.2, -0.15) is 13.2 Å². The number of piperazine rings is 1. The van der Waals surface area contributed by atoms with Crippen molar-refractivity contribution in [2.24, 2.45) is 7.05 Å². The van der Waals surface area contributed by atoms with Crippen LogP contribution in [0, 0.1) is 10.1 Å². The fourth-order valence-electron chi connectivity index (χ4n) is 4.70. The highest BCUT2D eigenvalue weighted by atomic mass is 19.4. The van der Waals surface area contributed by atoms with Crippen LogP contribution in [0.4, 0.5) is 30.4 Å². The minimum absolute atomic E-state index is 0.00382. The van der Waals surface area contributed by atoms with E-state index in [9.17, 15) is 42.5 Å². The van der Waals surface area contributed by atoms with Crippen LogP contribution in [-0.4, -0.2) is 75.9 Å². The lowest BCUT2D eigenvalue weighted by molar-refractivity contribution is -0.384. The number of halogens is 3. The van der Waals surface area contributed by atoms with E-state index in [2.05, 4.69) is 5.32 Å². The zero-order chi connectivity index (χ0) is 30.9. The molecule has 1 aromatic carbocycles. The Bertz CT molecular complexity index is 1540. The highest BCUT2D eigenvalue weighted by molar-refractivity contribution is 5.96. The SMILES string of the molecule is CC(C)=CCN1c2c(n(C)c(=O)n(CC(=O)c3ccc([N+](=O)[O-])cc3)c2=O)N(OC(=O)C(F)(F)F)C1N1CCNCC1. The van der Waals surface area contributed by atoms with Crippen LogP contribution in [0.15, 0.2) is 45.5 Å². The predicted molar refractivity (Wildman–Crippen MR) is 143 cm³/mol. The van der Waals surface area contributed by atoms with Gasteiger partial charge in [0.25, 0.3) is 11.2 Å². The topological polar surface area (TPSA) is 152 Å². The number of carbonyl (C=O) groups excluding carboxylic acids is 2. The number of allylic oxidation sites excluding steroid dienone is 1. The van der Waals surface area contributed by atoms with Gasteiger partial charge < -0.3 is 15.1 Å². The molecule has 3 heterocycles. The van der Waals surface area contributed by atoms with Gasteiger partial charge in [0, 0.05) is 57.5 Å². The molecule has 1 N–H and O–H groups in total. The molecule has 1 unspecified atom stereocenters. The van der Waals surface area contributed by atoms with Crippen LogP contribution in [0.3, 0.4) is 0 Å². The summed E-state index contributed by atoms with van der Waals surface area (Å²) in [4.78, 5) is 70.6. The number of anilines is 2. The Hall–Kier alpha value is -4.51. The van der Waals surface area contributed by atoms with Gasteiger partial charge in [-0.15, -0.1) is 5.06 Å². The summed E-state index contributed by atoms with van der Waals surface area (Å²) in [6.07, 6.45) is -4.87. The van der Waals surface area contributed by atoms with Crippen molar-refractivity contribution >= 4 is 28.9 Å². The van der Waals surface area contributed by atoms with Crippen molar-refractivity contribution in [2.75, 3.05) is 42.7 Å². The van der Waals surface area contributed by atoms with Gasteiger partial charge >= 0.3 is 17.8 Å². The molecule has 17 heteroatoms. The molecular formula is C25H28F3N7O7. The summed E-state index contributed by atoms with van der Waals surface area (Å²) in [6, 6.07) is 4.57. The van der Waals surface area contributed by atoms with E-state index in [0.29, 0.717) is 35.8 Å². The number of hydroxylamine groups is 1. The van der Waals surface area contributed by atoms with E-state index in [4.69, 9.17) is 4.84 Å². The van der Waals surface area contributed by atoms with Crippen LogP contribution in [-0.2, 0) is 23.2 Å². The number of hydrogen-bond donors (Lipinski definition) is 1. The van der Waals surface area contributed by atoms with E-state index in [0.717, 1.165) is 22.3 Å². The molecule has 42 heavy (non-hydrogen) atoms. The summed E-state index contributed by atoms with van der Waals surface area (Å²) in [5.41, 5.74) is -1.73. The monoisotopic (exact) mass is 595 g/mol. The molecule has 1 saturated heterocycles. The van der Waals surface area contributed by atoms with Crippen molar-refractivity contribution in [3.63, 3.8) is 0 Å². The van der Waals surface area contributed by atoms with E-state index in [1.165, 1.54) is 24.1 Å². The fourth-order valence-corrected chi connectivity index (χ4v) is 4.70. The molecule has 1 fully saturated rings. The van der Waals surface area contributed by atoms with Gasteiger partial charge in [-0.25, -0.2) is 9.59 Å². The van der Waals surface area contributed by atoms with Crippen molar-refractivity contribution in [3.8, 4) is 0 Å². The van der Waals surface area contributed by atoms with Crippen LogP contribution in [0.25, 0.3) is 0 Å². The lowest BCUT2D eigenvalue weighted by Gasteiger charge is -2.40. The molecule has 2 aliphatic rings. The second-order valence-electron chi connectivity index (χ2n) is 9.90. The van der Waals surface area contributed by atoms with Gasteiger partial charge in [0.1, 0.15) is 0 Å². The highest BCUT2D eigenvalue weighted by Gasteiger charge is 2.50. The smallest absolute Gasteiger partial charge is 0.327 e. The number of fused-ring (bicyclic) bond motifs is 1. The average molecular weight is 596 g/mol. The number of nitrogens with zero attached hydrogens (tertiary/aromatic N) is 6. The van der Waals surface area contributed by atoms with E-state index >= 15 is 0 Å². The van der Waals surface area contributed by atoms with Crippen molar-refractivity contribution in [2.45, 2.75) is 32.9 Å². The Morgan fingerprint density at radius 2 is 1.76 bits per heavy atom. The Labute approximate surface area is 236 Å². The van der Waals surface area contributed by atoms with Crippen LogP contribution >= 0.6 is 0 Å². The minimum Gasteiger partial charge on any atom is -0.327 e. The quantitative estimate of drug-likeness (QED) is 0.202. The van der Waals surface area contributed by atoms with E-state index in [1.54, 1.807) is 24.8 Å². The number of non-ortho nitro benzene ring substituents is 1. The van der Waals surface area contributed by atoms with Crippen LogP contribution in [0.1, 0.15) is 24.2 Å². The summed E-state index contributed by atoms with van der Waals surface area (Å²) in [6.45, 7) is 4.33. The number of nitro benzene ring substituents is 1. The number of carbonyl (C=O) groups is 2. The van der Waals surface area contributed by atoms with Gasteiger partial charge in [0.2, 0.25) is 0 Å². The second kappa shape index (κ2) is 11.8. The van der Waals surface area contributed by atoms with Crippen molar-refractivity contribution in [3.05, 3.63) is 72.4 Å². The largest absolute Gasteiger partial charge is 0.493 e. The number of nitro groups is 1. The Balaban J connectivity index is 1.86. The average Bonchev–Trinajstić information content (AvgIpc) is 3.26. The third kappa shape index (κ3) is 5.91. The molecule has 1 atom stereocenters. The number of nitrogens with one attached hydrogen (secondary N) is 1. The summed E-state index contributed by atoms with van der Waals surface area (Å²) in [7, 11) is 1.18. The fraction of sp³-hybridized carbons (Fsp3) is 0.440. The Kier molecular flexibility index (Phi) is 8.53. The third-order valence-electron chi connectivity index (χ3n) is 6.77.